The van der Waals surface area contributed by atoms with Crippen molar-refractivity contribution in [2.45, 2.75) is 11.8 Å². The van der Waals surface area contributed by atoms with E-state index in [1.165, 1.54) is 12.1 Å². The molecule has 0 fully saturated rings. The summed E-state index contributed by atoms with van der Waals surface area (Å²) < 4.78 is 22.7. The molecular formula is C17H15ClN2O2S. The van der Waals surface area contributed by atoms with E-state index in [0.717, 1.165) is 28.1 Å². The average molecular weight is 347 g/mol. The van der Waals surface area contributed by atoms with Crippen molar-refractivity contribution in [1.29, 1.82) is 0 Å². The number of benzene rings is 2. The number of primary sulfonamides is 1. The van der Waals surface area contributed by atoms with Gasteiger partial charge in [-0.1, -0.05) is 35.9 Å². The Morgan fingerprint density at radius 1 is 1.00 bits per heavy atom. The smallest absolute Gasteiger partial charge is 0.238 e. The Kier molecular flexibility index (Phi) is 4.02. The molecule has 6 heteroatoms. The number of hydrogen-bond donors (Lipinski definition) is 2. The predicted molar refractivity (Wildman–Crippen MR) is 92.8 cm³/mol. The Morgan fingerprint density at radius 3 is 2.30 bits per heavy atom. The lowest BCUT2D eigenvalue weighted by atomic mass is 10.0. The van der Waals surface area contributed by atoms with Gasteiger partial charge in [0, 0.05) is 16.3 Å². The van der Waals surface area contributed by atoms with Crippen molar-refractivity contribution >= 4 is 21.6 Å². The first kappa shape index (κ1) is 15.8. The van der Waals surface area contributed by atoms with Gasteiger partial charge in [0.05, 0.1) is 10.6 Å². The molecule has 0 bridgehead atoms. The lowest BCUT2D eigenvalue weighted by Gasteiger charge is -2.06. The first-order valence-corrected chi connectivity index (χ1v) is 8.86. The molecule has 23 heavy (non-hydrogen) atoms. The molecule has 1 aromatic heterocycles. The summed E-state index contributed by atoms with van der Waals surface area (Å²) in [5.74, 6) is 0. The van der Waals surface area contributed by atoms with Crippen LogP contribution in [0, 0.1) is 6.92 Å². The summed E-state index contributed by atoms with van der Waals surface area (Å²) in [6.45, 7) is 1.97. The molecule has 0 unspecified atom stereocenters. The van der Waals surface area contributed by atoms with Crippen LogP contribution in [0.4, 0.5) is 0 Å². The molecule has 4 nitrogen and oxygen atoms in total. The molecular weight excluding hydrogens is 332 g/mol. The number of aromatic amines is 1. The van der Waals surface area contributed by atoms with Crippen molar-refractivity contribution < 1.29 is 8.42 Å². The number of nitrogens with two attached hydrogens (primary N) is 1. The second-order valence-corrected chi connectivity index (χ2v) is 7.32. The van der Waals surface area contributed by atoms with Crippen LogP contribution in [0.5, 0.6) is 0 Å². The minimum atomic E-state index is -3.69. The van der Waals surface area contributed by atoms with Crippen molar-refractivity contribution in [1.82, 2.24) is 4.98 Å². The number of aromatic nitrogens is 1. The second-order valence-electron chi connectivity index (χ2n) is 5.32. The molecule has 1 heterocycles. The third-order valence-electron chi connectivity index (χ3n) is 3.56. The van der Waals surface area contributed by atoms with Gasteiger partial charge < -0.3 is 4.98 Å². The van der Waals surface area contributed by atoms with Gasteiger partial charge in [0.1, 0.15) is 0 Å². The van der Waals surface area contributed by atoms with E-state index in [-0.39, 0.29) is 4.90 Å². The zero-order valence-corrected chi connectivity index (χ0v) is 13.9. The molecule has 0 amide bonds. The van der Waals surface area contributed by atoms with E-state index in [1.54, 1.807) is 12.1 Å². The lowest BCUT2D eigenvalue weighted by molar-refractivity contribution is 0.598. The van der Waals surface area contributed by atoms with Gasteiger partial charge in [-0.15, -0.1) is 0 Å². The number of rotatable bonds is 3. The third kappa shape index (κ3) is 3.32. The van der Waals surface area contributed by atoms with E-state index >= 15 is 0 Å². The van der Waals surface area contributed by atoms with Crippen LogP contribution in [0.25, 0.3) is 22.4 Å². The fourth-order valence-electron chi connectivity index (χ4n) is 2.51. The van der Waals surface area contributed by atoms with Gasteiger partial charge in [0.15, 0.2) is 0 Å². The topological polar surface area (TPSA) is 76.0 Å². The maximum atomic E-state index is 11.4. The van der Waals surface area contributed by atoms with Gasteiger partial charge in [0.25, 0.3) is 0 Å². The molecule has 3 aromatic rings. The summed E-state index contributed by atoms with van der Waals surface area (Å²) >= 11 is 6.08. The summed E-state index contributed by atoms with van der Waals surface area (Å²) in [5.41, 5.74) is 4.79. The van der Waals surface area contributed by atoms with E-state index < -0.39 is 10.0 Å². The van der Waals surface area contributed by atoms with Crippen molar-refractivity contribution in [3.05, 3.63) is 65.3 Å². The molecule has 0 radical (unpaired) electrons. The standard InChI is InChI=1S/C17H15ClN2O2S/c1-11-9-16(13-3-2-4-14(18)10-13)17(20-11)12-5-7-15(8-6-12)23(19,21)22/h2-10,20H,1H3,(H2,19,21,22). The summed E-state index contributed by atoms with van der Waals surface area (Å²) in [5, 5.41) is 5.80. The summed E-state index contributed by atoms with van der Waals surface area (Å²) in [6, 6.07) is 16.1. The van der Waals surface area contributed by atoms with E-state index in [1.807, 2.05) is 37.3 Å². The maximum absolute atomic E-state index is 11.4. The van der Waals surface area contributed by atoms with Crippen LogP contribution in [-0.2, 0) is 10.0 Å². The molecule has 0 saturated carbocycles. The van der Waals surface area contributed by atoms with Gasteiger partial charge in [-0.2, -0.15) is 0 Å². The molecule has 118 valence electrons. The number of hydrogen-bond acceptors (Lipinski definition) is 2. The molecule has 0 saturated heterocycles. The van der Waals surface area contributed by atoms with Crippen LogP contribution in [0.15, 0.2) is 59.5 Å². The minimum Gasteiger partial charge on any atom is -0.358 e. The quantitative estimate of drug-likeness (QED) is 0.753. The maximum Gasteiger partial charge on any atom is 0.238 e. The number of sulfonamides is 1. The Labute approximate surface area is 140 Å². The highest BCUT2D eigenvalue weighted by Crippen LogP contribution is 2.33. The summed E-state index contributed by atoms with van der Waals surface area (Å²) in [6.07, 6.45) is 0. The van der Waals surface area contributed by atoms with E-state index in [4.69, 9.17) is 16.7 Å². The molecule has 0 aliphatic carbocycles. The van der Waals surface area contributed by atoms with Crippen molar-refractivity contribution in [2.75, 3.05) is 0 Å². The molecule has 0 spiro atoms. The highest BCUT2D eigenvalue weighted by molar-refractivity contribution is 7.89. The zero-order valence-electron chi connectivity index (χ0n) is 12.4. The average Bonchev–Trinajstić information content (AvgIpc) is 2.88. The second kappa shape index (κ2) is 5.85. The van der Waals surface area contributed by atoms with Gasteiger partial charge in [-0.05, 0) is 48.4 Å². The Bertz CT molecular complexity index is 961. The van der Waals surface area contributed by atoms with Crippen LogP contribution in [-0.4, -0.2) is 13.4 Å². The Morgan fingerprint density at radius 2 is 1.70 bits per heavy atom. The third-order valence-corrected chi connectivity index (χ3v) is 4.72. The highest BCUT2D eigenvalue weighted by Gasteiger charge is 2.13. The van der Waals surface area contributed by atoms with Crippen LogP contribution >= 0.6 is 11.6 Å². The van der Waals surface area contributed by atoms with Crippen LogP contribution in [0.1, 0.15) is 5.69 Å². The Balaban J connectivity index is 2.11. The number of aryl methyl sites for hydroxylation is 1. The highest BCUT2D eigenvalue weighted by atomic mass is 35.5. The Hall–Kier alpha value is -2.08. The first-order valence-electron chi connectivity index (χ1n) is 6.93. The van der Waals surface area contributed by atoms with Crippen molar-refractivity contribution in [3.63, 3.8) is 0 Å². The number of H-pyrrole nitrogens is 1. The molecule has 0 aliphatic heterocycles. The molecule has 3 N–H and O–H groups in total. The van der Waals surface area contributed by atoms with Gasteiger partial charge >= 0.3 is 0 Å². The van der Waals surface area contributed by atoms with E-state index in [0.29, 0.717) is 5.02 Å². The van der Waals surface area contributed by atoms with Gasteiger partial charge in [0.2, 0.25) is 10.0 Å². The summed E-state index contributed by atoms with van der Waals surface area (Å²) in [4.78, 5) is 3.40. The molecule has 2 aromatic carbocycles. The van der Waals surface area contributed by atoms with Crippen LogP contribution < -0.4 is 5.14 Å². The molecule has 0 atom stereocenters. The van der Waals surface area contributed by atoms with Crippen LogP contribution in [0.3, 0.4) is 0 Å². The monoisotopic (exact) mass is 346 g/mol. The van der Waals surface area contributed by atoms with Crippen LogP contribution in [0.2, 0.25) is 5.02 Å². The van der Waals surface area contributed by atoms with Crippen molar-refractivity contribution in [2.24, 2.45) is 5.14 Å². The molecule has 3 rings (SSSR count). The minimum absolute atomic E-state index is 0.0915. The number of halogens is 1. The summed E-state index contributed by atoms with van der Waals surface area (Å²) in [7, 11) is -3.69. The van der Waals surface area contributed by atoms with Gasteiger partial charge in [-0.3, -0.25) is 0 Å². The predicted octanol–water partition coefficient (Wildman–Crippen LogP) is 3.96. The largest absolute Gasteiger partial charge is 0.358 e. The molecule has 0 aliphatic rings. The van der Waals surface area contributed by atoms with E-state index in [9.17, 15) is 8.42 Å². The van der Waals surface area contributed by atoms with Gasteiger partial charge in [-0.25, -0.2) is 13.6 Å². The zero-order chi connectivity index (χ0) is 16.6. The number of nitrogens with one attached hydrogen (secondary N) is 1. The van der Waals surface area contributed by atoms with Crippen molar-refractivity contribution in [3.8, 4) is 22.4 Å². The van der Waals surface area contributed by atoms with E-state index in [2.05, 4.69) is 4.98 Å². The normalized spacial score (nSPS) is 11.6. The fraction of sp³-hybridized carbons (Fsp3) is 0.0588. The fourth-order valence-corrected chi connectivity index (χ4v) is 3.22. The lowest BCUT2D eigenvalue weighted by Crippen LogP contribution is -2.11. The first-order chi connectivity index (χ1) is 10.8. The SMILES string of the molecule is Cc1cc(-c2cccc(Cl)c2)c(-c2ccc(S(N)(=O)=O)cc2)[nH]1.